The molecule has 1 atom stereocenters. The summed E-state index contributed by atoms with van der Waals surface area (Å²) in [5.74, 6) is -0.139. The van der Waals surface area contributed by atoms with Gasteiger partial charge in [0.2, 0.25) is 17.8 Å². The van der Waals surface area contributed by atoms with E-state index in [1.54, 1.807) is 24.6 Å². The van der Waals surface area contributed by atoms with E-state index in [0.29, 0.717) is 34.2 Å². The number of hydrogen-bond acceptors (Lipinski definition) is 8. The van der Waals surface area contributed by atoms with Gasteiger partial charge in [-0.15, -0.1) is 11.3 Å². The maximum absolute atomic E-state index is 12.8. The summed E-state index contributed by atoms with van der Waals surface area (Å²) in [6.07, 6.45) is 1.92. The van der Waals surface area contributed by atoms with E-state index < -0.39 is 6.04 Å². The fourth-order valence-corrected chi connectivity index (χ4v) is 5.01. The molecular formula is C24H26ClN7O3S. The normalized spacial score (nSPS) is 16.2. The molecule has 2 aromatic heterocycles. The quantitative estimate of drug-likeness (QED) is 0.324. The molecule has 0 spiro atoms. The minimum absolute atomic E-state index is 0.216. The molecule has 0 bridgehead atoms. The van der Waals surface area contributed by atoms with Gasteiger partial charge in [-0.25, -0.2) is 4.98 Å². The Labute approximate surface area is 217 Å². The lowest BCUT2D eigenvalue weighted by Crippen LogP contribution is -2.44. The molecule has 36 heavy (non-hydrogen) atoms. The Kier molecular flexibility index (Phi) is 7.14. The van der Waals surface area contributed by atoms with Crippen LogP contribution in [0, 0.1) is 0 Å². The van der Waals surface area contributed by atoms with Crippen LogP contribution in [0.2, 0.25) is 5.02 Å². The third kappa shape index (κ3) is 5.42. The first-order chi connectivity index (χ1) is 17.1. The molecule has 1 aliphatic rings. The summed E-state index contributed by atoms with van der Waals surface area (Å²) in [5, 5.41) is 16.6. The maximum atomic E-state index is 12.8. The van der Waals surface area contributed by atoms with Crippen LogP contribution in [0.1, 0.15) is 42.4 Å². The molecule has 12 heteroatoms. The smallest absolute Gasteiger partial charge is 0.263 e. The molecule has 5 N–H and O–H groups in total. The lowest BCUT2D eigenvalue weighted by molar-refractivity contribution is -0.125. The monoisotopic (exact) mass is 527 g/mol. The first-order valence-corrected chi connectivity index (χ1v) is 12.4. The third-order valence-corrected chi connectivity index (χ3v) is 6.96. The van der Waals surface area contributed by atoms with Crippen molar-refractivity contribution >= 4 is 69.5 Å². The zero-order valence-corrected chi connectivity index (χ0v) is 21.7. The first kappa shape index (κ1) is 25.4. The van der Waals surface area contributed by atoms with Crippen LogP contribution >= 0.6 is 22.9 Å². The van der Waals surface area contributed by atoms with Gasteiger partial charge in [0.15, 0.2) is 5.82 Å². The Hall–Kier alpha value is -3.70. The summed E-state index contributed by atoms with van der Waals surface area (Å²) in [6, 6.07) is 6.75. The molecule has 3 aromatic rings. The summed E-state index contributed by atoms with van der Waals surface area (Å²) in [4.78, 5) is 45.7. The van der Waals surface area contributed by atoms with Crippen LogP contribution in [0.25, 0.3) is 0 Å². The molecule has 3 heterocycles. The van der Waals surface area contributed by atoms with Gasteiger partial charge in [-0.2, -0.15) is 4.98 Å². The van der Waals surface area contributed by atoms with E-state index in [0.717, 1.165) is 5.56 Å². The van der Waals surface area contributed by atoms with Crippen LogP contribution in [0.3, 0.4) is 0 Å². The van der Waals surface area contributed by atoms with Crippen LogP contribution < -0.4 is 26.6 Å². The van der Waals surface area contributed by atoms with Gasteiger partial charge in [0.05, 0.1) is 11.9 Å². The van der Waals surface area contributed by atoms with Gasteiger partial charge in [-0.05, 0) is 41.0 Å². The Morgan fingerprint density at radius 1 is 1.22 bits per heavy atom. The van der Waals surface area contributed by atoms with Crippen LogP contribution in [0.15, 0.2) is 35.8 Å². The van der Waals surface area contributed by atoms with Gasteiger partial charge < -0.3 is 26.6 Å². The maximum Gasteiger partial charge on any atom is 0.263 e. The van der Waals surface area contributed by atoms with Crippen LogP contribution in [-0.2, 0) is 15.0 Å². The van der Waals surface area contributed by atoms with Crippen LogP contribution in [0.4, 0.5) is 28.8 Å². The number of fused-ring (bicyclic) bond motifs is 1. The fraction of sp³-hybridized carbons (Fsp3) is 0.292. The highest BCUT2D eigenvalue weighted by Crippen LogP contribution is 2.38. The highest BCUT2D eigenvalue weighted by Gasteiger charge is 2.35. The van der Waals surface area contributed by atoms with Gasteiger partial charge in [0, 0.05) is 25.3 Å². The van der Waals surface area contributed by atoms with Crippen LogP contribution in [-0.4, -0.2) is 40.8 Å². The second kappa shape index (κ2) is 10.1. The lowest BCUT2D eigenvalue weighted by Gasteiger charge is -2.27. The number of nitrogens with zero attached hydrogens (tertiary/aromatic N) is 2. The molecule has 0 fully saturated rings. The predicted octanol–water partition coefficient (Wildman–Crippen LogP) is 4.16. The van der Waals surface area contributed by atoms with Crippen molar-refractivity contribution < 1.29 is 14.4 Å². The molecule has 1 aliphatic heterocycles. The summed E-state index contributed by atoms with van der Waals surface area (Å²) in [7, 11) is 1.57. The Morgan fingerprint density at radius 2 is 2.00 bits per heavy atom. The molecule has 188 valence electrons. The number of hydrogen-bond donors (Lipinski definition) is 5. The largest absolute Gasteiger partial charge is 0.354 e. The number of benzene rings is 1. The van der Waals surface area contributed by atoms with Crippen molar-refractivity contribution in [1.82, 2.24) is 20.6 Å². The average molecular weight is 528 g/mol. The minimum atomic E-state index is -0.633. The second-order valence-corrected chi connectivity index (χ2v) is 10.3. The topological polar surface area (TPSA) is 137 Å². The van der Waals surface area contributed by atoms with E-state index in [1.165, 1.54) is 24.5 Å². The van der Waals surface area contributed by atoms with Gasteiger partial charge in [-0.3, -0.25) is 14.4 Å². The average Bonchev–Trinajstić information content (AvgIpc) is 3.24. The number of thiophene rings is 1. The van der Waals surface area contributed by atoms with Gasteiger partial charge in [-0.1, -0.05) is 31.5 Å². The number of carbonyl (C=O) groups excluding carboxylic acids is 3. The second-order valence-electron chi connectivity index (χ2n) is 8.97. The molecule has 0 radical (unpaired) electrons. The number of carbonyl (C=O) groups is 3. The number of nitrogens with one attached hydrogen (secondary N) is 5. The molecular weight excluding hydrogens is 502 g/mol. The highest BCUT2D eigenvalue weighted by atomic mass is 35.5. The minimum Gasteiger partial charge on any atom is -0.354 e. The number of amides is 3. The van der Waals surface area contributed by atoms with Gasteiger partial charge in [0.25, 0.3) is 5.91 Å². The van der Waals surface area contributed by atoms with E-state index >= 15 is 0 Å². The predicted molar refractivity (Wildman–Crippen MR) is 142 cm³/mol. The zero-order valence-electron chi connectivity index (χ0n) is 20.2. The molecule has 0 aliphatic carbocycles. The molecule has 10 nitrogen and oxygen atoms in total. The Morgan fingerprint density at radius 3 is 2.72 bits per heavy atom. The van der Waals surface area contributed by atoms with E-state index in [4.69, 9.17) is 11.6 Å². The van der Waals surface area contributed by atoms with Crippen LogP contribution in [0.5, 0.6) is 0 Å². The van der Waals surface area contributed by atoms with Gasteiger partial charge >= 0.3 is 0 Å². The SMILES string of the molecule is CNC(=O)c1sccc1Nc1nc(Nc2ccc3c(c2)NC(=O)C(NC(C)=O)CC3(C)C)ncc1Cl. The first-order valence-electron chi connectivity index (χ1n) is 11.2. The number of rotatable bonds is 6. The van der Waals surface area contributed by atoms with Crippen molar-refractivity contribution in [2.24, 2.45) is 0 Å². The Balaban J connectivity index is 1.58. The summed E-state index contributed by atoms with van der Waals surface area (Å²) >= 11 is 7.60. The third-order valence-electron chi connectivity index (χ3n) is 5.77. The number of halogens is 1. The van der Waals surface area contributed by atoms with Crippen molar-refractivity contribution in [2.75, 3.05) is 23.0 Å². The van der Waals surface area contributed by atoms with Crippen molar-refractivity contribution in [3.63, 3.8) is 0 Å². The zero-order chi connectivity index (χ0) is 26.0. The molecule has 0 saturated heterocycles. The van der Waals surface area contributed by atoms with Crippen molar-refractivity contribution in [3.05, 3.63) is 51.3 Å². The molecule has 0 saturated carbocycles. The lowest BCUT2D eigenvalue weighted by atomic mass is 9.79. The summed E-state index contributed by atoms with van der Waals surface area (Å²) in [6.45, 7) is 5.46. The number of aromatic nitrogens is 2. The molecule has 1 unspecified atom stereocenters. The fourth-order valence-electron chi connectivity index (χ4n) is 4.08. The van der Waals surface area contributed by atoms with E-state index in [1.807, 2.05) is 26.0 Å². The molecule has 3 amide bonds. The van der Waals surface area contributed by atoms with Gasteiger partial charge in [0.1, 0.15) is 15.9 Å². The highest BCUT2D eigenvalue weighted by molar-refractivity contribution is 7.12. The van der Waals surface area contributed by atoms with E-state index in [9.17, 15) is 14.4 Å². The summed E-state index contributed by atoms with van der Waals surface area (Å²) in [5.41, 5.74) is 2.46. The summed E-state index contributed by atoms with van der Waals surface area (Å²) < 4.78 is 0. The van der Waals surface area contributed by atoms with E-state index in [2.05, 4.69) is 36.6 Å². The van der Waals surface area contributed by atoms with E-state index in [-0.39, 0.29) is 34.1 Å². The molecule has 1 aromatic carbocycles. The molecule has 4 rings (SSSR count). The van der Waals surface area contributed by atoms with Crippen molar-refractivity contribution in [3.8, 4) is 0 Å². The standard InChI is InChI=1S/C24H26ClN7O3S/c1-12(33)28-18-10-24(2,3)14-6-5-13(9-17(14)31-21(18)34)29-23-27-11-15(25)20(32-23)30-16-7-8-36-19(16)22(35)26-4/h5-9,11,18H,10H2,1-4H3,(H,26,35)(H,28,33)(H,31,34)(H2,27,29,30,32). The van der Waals surface area contributed by atoms with Crippen molar-refractivity contribution in [1.29, 1.82) is 0 Å². The number of anilines is 5. The Bertz CT molecular complexity index is 1340. The van der Waals surface area contributed by atoms with Crippen molar-refractivity contribution in [2.45, 2.75) is 38.6 Å².